The highest BCUT2D eigenvalue weighted by Crippen LogP contribution is 2.49. The van der Waals surface area contributed by atoms with E-state index in [0.717, 1.165) is 11.4 Å². The highest BCUT2D eigenvalue weighted by molar-refractivity contribution is 6.30. The molecule has 0 amide bonds. The first-order valence-corrected chi connectivity index (χ1v) is 6.51. The van der Waals surface area contributed by atoms with Crippen molar-refractivity contribution < 1.29 is 0 Å². The normalized spacial score (nSPS) is 34.6. The number of benzene rings is 1. The maximum absolute atomic E-state index is 9.40. The van der Waals surface area contributed by atoms with Crippen molar-refractivity contribution in [3.05, 3.63) is 47.0 Å². The summed E-state index contributed by atoms with van der Waals surface area (Å²) in [5.41, 5.74) is 1.23. The van der Waals surface area contributed by atoms with E-state index in [0.29, 0.717) is 17.8 Å². The van der Waals surface area contributed by atoms with Crippen molar-refractivity contribution in [1.82, 2.24) is 0 Å². The SMILES string of the molecule is N#C[C@H]1[C@H](c2cccc(Cl)c2)[C@H]2C=C[C@@H]1CC2. The molecule has 0 N–H and O–H groups in total. The molecule has 0 heterocycles. The predicted molar refractivity (Wildman–Crippen MR) is 68.7 cm³/mol. The summed E-state index contributed by atoms with van der Waals surface area (Å²) in [5, 5.41) is 10.2. The van der Waals surface area contributed by atoms with Gasteiger partial charge in [-0.05, 0) is 42.4 Å². The van der Waals surface area contributed by atoms with Gasteiger partial charge in [0.25, 0.3) is 0 Å². The zero-order valence-electron chi connectivity index (χ0n) is 9.51. The van der Waals surface area contributed by atoms with E-state index < -0.39 is 0 Å². The molecule has 0 unspecified atom stereocenters. The van der Waals surface area contributed by atoms with E-state index in [4.69, 9.17) is 11.6 Å². The molecule has 0 aliphatic heterocycles. The first kappa shape index (κ1) is 10.9. The quantitative estimate of drug-likeness (QED) is 0.680. The molecule has 1 aromatic rings. The van der Waals surface area contributed by atoms with E-state index in [1.807, 2.05) is 18.2 Å². The average molecular weight is 244 g/mol. The molecule has 3 aliphatic rings. The highest BCUT2D eigenvalue weighted by atomic mass is 35.5. The van der Waals surface area contributed by atoms with Gasteiger partial charge in [-0.2, -0.15) is 5.26 Å². The maximum atomic E-state index is 9.40. The molecule has 17 heavy (non-hydrogen) atoms. The van der Waals surface area contributed by atoms with E-state index in [1.165, 1.54) is 12.0 Å². The van der Waals surface area contributed by atoms with Gasteiger partial charge in [0, 0.05) is 10.9 Å². The molecule has 4 rings (SSSR count). The molecule has 0 aromatic heterocycles. The number of hydrogen-bond acceptors (Lipinski definition) is 1. The molecule has 2 bridgehead atoms. The van der Waals surface area contributed by atoms with Crippen LogP contribution in [0.3, 0.4) is 0 Å². The van der Waals surface area contributed by atoms with E-state index in [1.54, 1.807) is 0 Å². The van der Waals surface area contributed by atoms with Gasteiger partial charge in [-0.25, -0.2) is 0 Å². The minimum Gasteiger partial charge on any atom is -0.198 e. The van der Waals surface area contributed by atoms with Crippen LogP contribution in [0.5, 0.6) is 0 Å². The lowest BCUT2D eigenvalue weighted by atomic mass is 9.61. The minimum atomic E-state index is 0.122. The van der Waals surface area contributed by atoms with Crippen LogP contribution in [0.2, 0.25) is 5.02 Å². The summed E-state index contributed by atoms with van der Waals surface area (Å²) in [6.45, 7) is 0. The van der Waals surface area contributed by atoms with E-state index in [2.05, 4.69) is 24.3 Å². The van der Waals surface area contributed by atoms with Crippen molar-refractivity contribution in [2.75, 3.05) is 0 Å². The summed E-state index contributed by atoms with van der Waals surface area (Å²) in [6.07, 6.45) is 6.91. The summed E-state index contributed by atoms with van der Waals surface area (Å²) in [4.78, 5) is 0. The van der Waals surface area contributed by atoms with Gasteiger partial charge in [-0.3, -0.25) is 0 Å². The van der Waals surface area contributed by atoms with E-state index in [-0.39, 0.29) is 5.92 Å². The fourth-order valence-electron chi connectivity index (χ4n) is 3.34. The molecule has 4 atom stereocenters. The Morgan fingerprint density at radius 2 is 1.94 bits per heavy atom. The summed E-state index contributed by atoms with van der Waals surface area (Å²) in [7, 11) is 0. The standard InChI is InChI=1S/C15H14ClN/c16-13-3-1-2-12(8-13)15-11-6-4-10(5-7-11)14(15)9-17/h1-4,6,8,10-11,14-15H,5,7H2/t10-,11+,14-,15+/m1/s1. The number of nitriles is 1. The first-order chi connectivity index (χ1) is 8.29. The Kier molecular flexibility index (Phi) is 2.68. The predicted octanol–water partition coefficient (Wildman–Crippen LogP) is 4.16. The molecule has 1 nitrogen and oxygen atoms in total. The molecule has 2 heteroatoms. The molecule has 1 aromatic carbocycles. The fourth-order valence-corrected chi connectivity index (χ4v) is 3.54. The zero-order chi connectivity index (χ0) is 11.8. The maximum Gasteiger partial charge on any atom is 0.0668 e. The van der Waals surface area contributed by atoms with Crippen molar-refractivity contribution in [2.45, 2.75) is 18.8 Å². The smallest absolute Gasteiger partial charge is 0.0668 e. The Morgan fingerprint density at radius 1 is 1.18 bits per heavy atom. The Morgan fingerprint density at radius 3 is 2.59 bits per heavy atom. The topological polar surface area (TPSA) is 23.8 Å². The van der Waals surface area contributed by atoms with Crippen molar-refractivity contribution in [2.24, 2.45) is 17.8 Å². The first-order valence-electron chi connectivity index (χ1n) is 6.13. The molecular formula is C15H14ClN. The van der Waals surface area contributed by atoms with Crippen LogP contribution in [0.25, 0.3) is 0 Å². The van der Waals surface area contributed by atoms with Crippen LogP contribution >= 0.6 is 11.6 Å². The number of allylic oxidation sites excluding steroid dienone is 2. The lowest BCUT2D eigenvalue weighted by Crippen LogP contribution is -2.34. The molecule has 0 radical (unpaired) electrons. The van der Waals surface area contributed by atoms with Crippen LogP contribution in [0.15, 0.2) is 36.4 Å². The Balaban J connectivity index is 2.02. The van der Waals surface area contributed by atoms with Gasteiger partial charge in [0.15, 0.2) is 0 Å². The Bertz CT molecular complexity index is 500. The van der Waals surface area contributed by atoms with E-state index >= 15 is 0 Å². The van der Waals surface area contributed by atoms with Crippen LogP contribution < -0.4 is 0 Å². The number of nitrogens with zero attached hydrogens (tertiary/aromatic N) is 1. The van der Waals surface area contributed by atoms with Gasteiger partial charge in [0.2, 0.25) is 0 Å². The lowest BCUT2D eigenvalue weighted by molar-refractivity contribution is 0.225. The third kappa shape index (κ3) is 1.77. The zero-order valence-corrected chi connectivity index (χ0v) is 10.3. The Hall–Kier alpha value is -1.26. The van der Waals surface area contributed by atoms with Gasteiger partial charge in [0.1, 0.15) is 0 Å². The molecule has 0 spiro atoms. The minimum absolute atomic E-state index is 0.122. The van der Waals surface area contributed by atoms with Crippen LogP contribution in [-0.2, 0) is 0 Å². The van der Waals surface area contributed by atoms with Crippen molar-refractivity contribution in [3.8, 4) is 6.07 Å². The van der Waals surface area contributed by atoms with Gasteiger partial charge < -0.3 is 0 Å². The molecule has 1 saturated carbocycles. The van der Waals surface area contributed by atoms with Crippen molar-refractivity contribution >= 4 is 11.6 Å². The fraction of sp³-hybridized carbons (Fsp3) is 0.400. The summed E-state index contributed by atoms with van der Waals surface area (Å²) in [5.74, 6) is 1.41. The average Bonchev–Trinajstić information content (AvgIpc) is 2.39. The highest BCUT2D eigenvalue weighted by Gasteiger charge is 2.41. The van der Waals surface area contributed by atoms with Crippen LogP contribution in [0, 0.1) is 29.1 Å². The number of fused-ring (bicyclic) bond motifs is 2. The van der Waals surface area contributed by atoms with Gasteiger partial charge in [-0.15, -0.1) is 0 Å². The number of halogens is 1. The second-order valence-corrected chi connectivity index (χ2v) is 5.46. The third-order valence-electron chi connectivity index (χ3n) is 4.13. The van der Waals surface area contributed by atoms with Gasteiger partial charge in [-0.1, -0.05) is 35.9 Å². The summed E-state index contributed by atoms with van der Waals surface area (Å²) in [6, 6.07) is 10.5. The van der Waals surface area contributed by atoms with Crippen molar-refractivity contribution in [3.63, 3.8) is 0 Å². The number of rotatable bonds is 1. The summed E-state index contributed by atoms with van der Waals surface area (Å²) < 4.78 is 0. The molecule has 1 fully saturated rings. The second kappa shape index (κ2) is 4.20. The molecule has 0 saturated heterocycles. The molecule has 3 aliphatic carbocycles. The van der Waals surface area contributed by atoms with Crippen LogP contribution in [0.1, 0.15) is 24.3 Å². The molecular weight excluding hydrogens is 230 g/mol. The van der Waals surface area contributed by atoms with Crippen LogP contribution in [0.4, 0.5) is 0 Å². The lowest BCUT2D eigenvalue weighted by Gasteiger charge is -2.42. The monoisotopic (exact) mass is 243 g/mol. The van der Waals surface area contributed by atoms with Crippen LogP contribution in [-0.4, -0.2) is 0 Å². The summed E-state index contributed by atoms with van der Waals surface area (Å²) >= 11 is 6.06. The largest absolute Gasteiger partial charge is 0.198 e. The van der Waals surface area contributed by atoms with Gasteiger partial charge >= 0.3 is 0 Å². The second-order valence-electron chi connectivity index (χ2n) is 5.03. The molecule has 86 valence electrons. The third-order valence-corrected chi connectivity index (χ3v) is 4.37. The van der Waals surface area contributed by atoms with Gasteiger partial charge in [0.05, 0.1) is 12.0 Å². The number of hydrogen-bond donors (Lipinski definition) is 0. The van der Waals surface area contributed by atoms with E-state index in [9.17, 15) is 5.26 Å². The van der Waals surface area contributed by atoms with Crippen molar-refractivity contribution in [1.29, 1.82) is 5.26 Å². The Labute approximate surface area is 107 Å².